The van der Waals surface area contributed by atoms with Crippen molar-refractivity contribution in [1.82, 2.24) is 19.6 Å². The molecule has 4 aromatic rings. The number of nitrogens with zero attached hydrogens (tertiary/aromatic N) is 4. The van der Waals surface area contributed by atoms with E-state index >= 15 is 0 Å². The number of ether oxygens (including phenoxy) is 2. The van der Waals surface area contributed by atoms with Gasteiger partial charge in [0.25, 0.3) is 0 Å². The summed E-state index contributed by atoms with van der Waals surface area (Å²) in [6, 6.07) is 10.1. The van der Waals surface area contributed by atoms with E-state index in [1.807, 2.05) is 18.3 Å². The molecule has 1 aliphatic heterocycles. The lowest BCUT2D eigenvalue weighted by Crippen LogP contribution is -2.16. The number of aromatic nitrogens is 4. The Balaban J connectivity index is 1.25. The van der Waals surface area contributed by atoms with E-state index in [0.717, 1.165) is 39.9 Å². The van der Waals surface area contributed by atoms with Gasteiger partial charge in [-0.2, -0.15) is 0 Å². The second-order valence-electron chi connectivity index (χ2n) is 6.73. The molecular formula is C20H18FN5O2S. The molecule has 0 aliphatic carbocycles. The average Bonchev–Trinajstić information content (AvgIpc) is 3.44. The maximum absolute atomic E-state index is 13.1. The zero-order chi connectivity index (χ0) is 19.6. The molecule has 1 fully saturated rings. The molecule has 1 saturated heterocycles. The van der Waals surface area contributed by atoms with E-state index in [-0.39, 0.29) is 11.9 Å². The van der Waals surface area contributed by atoms with Crippen LogP contribution in [0.2, 0.25) is 0 Å². The van der Waals surface area contributed by atoms with Crippen LogP contribution in [0.5, 0.6) is 5.88 Å². The van der Waals surface area contributed by atoms with Crippen molar-refractivity contribution in [2.24, 2.45) is 0 Å². The number of fused-ring (bicyclic) bond motifs is 1. The molecule has 1 atom stereocenters. The number of pyridine rings is 1. The van der Waals surface area contributed by atoms with Gasteiger partial charge < -0.3 is 14.8 Å². The summed E-state index contributed by atoms with van der Waals surface area (Å²) in [4.78, 5) is 9.62. The monoisotopic (exact) mass is 411 g/mol. The second kappa shape index (κ2) is 7.76. The van der Waals surface area contributed by atoms with Crippen LogP contribution in [0.1, 0.15) is 12.0 Å². The number of hydrogen-bond donors (Lipinski definition) is 1. The van der Waals surface area contributed by atoms with Crippen molar-refractivity contribution in [3.8, 4) is 17.1 Å². The Hall–Kier alpha value is -3.04. The molecular weight excluding hydrogens is 393 g/mol. The number of hydrogen-bond acceptors (Lipinski definition) is 7. The fraction of sp³-hybridized carbons (Fsp3) is 0.250. The summed E-state index contributed by atoms with van der Waals surface area (Å²) < 4.78 is 26.0. The first-order valence-corrected chi connectivity index (χ1v) is 10.1. The summed E-state index contributed by atoms with van der Waals surface area (Å²) >= 11 is 1.46. The Morgan fingerprint density at radius 3 is 2.97 bits per heavy atom. The lowest BCUT2D eigenvalue weighted by atomic mass is 10.2. The Bertz CT molecular complexity index is 1090. The molecule has 148 valence electrons. The first kappa shape index (κ1) is 18.0. The summed E-state index contributed by atoms with van der Waals surface area (Å²) in [6.07, 6.45) is 4.55. The number of anilines is 1. The molecule has 1 aromatic carbocycles. The lowest BCUT2D eigenvalue weighted by Gasteiger charge is -2.11. The third kappa shape index (κ3) is 4.06. The topological polar surface area (TPSA) is 73.6 Å². The zero-order valence-electron chi connectivity index (χ0n) is 15.4. The molecule has 3 aromatic heterocycles. The normalized spacial score (nSPS) is 16.4. The molecule has 9 heteroatoms. The van der Waals surface area contributed by atoms with Crippen LogP contribution in [-0.2, 0) is 11.3 Å². The van der Waals surface area contributed by atoms with Crippen LogP contribution in [0.4, 0.5) is 9.52 Å². The average molecular weight is 411 g/mol. The fourth-order valence-electron chi connectivity index (χ4n) is 3.11. The summed E-state index contributed by atoms with van der Waals surface area (Å²) in [5.74, 6) is 0.346. The minimum absolute atomic E-state index is 0.0766. The van der Waals surface area contributed by atoms with E-state index in [1.165, 1.54) is 23.5 Å². The second-order valence-corrected chi connectivity index (χ2v) is 7.68. The largest absolute Gasteiger partial charge is 0.472 e. The first-order chi connectivity index (χ1) is 14.2. The SMILES string of the molecule is Fc1ccc(-c2cn3nc(NCc4ccnc(OC5CCOC5)c4)sc3n2)cc1. The minimum atomic E-state index is -0.263. The first-order valence-electron chi connectivity index (χ1n) is 9.28. The van der Waals surface area contributed by atoms with Gasteiger partial charge in [0.1, 0.15) is 11.9 Å². The molecule has 0 amide bonds. The molecule has 1 N–H and O–H groups in total. The van der Waals surface area contributed by atoms with Gasteiger partial charge in [-0.1, -0.05) is 11.3 Å². The highest BCUT2D eigenvalue weighted by Crippen LogP contribution is 2.25. The van der Waals surface area contributed by atoms with Gasteiger partial charge in [0.05, 0.1) is 25.1 Å². The smallest absolute Gasteiger partial charge is 0.214 e. The minimum Gasteiger partial charge on any atom is -0.472 e. The van der Waals surface area contributed by atoms with Crippen molar-refractivity contribution >= 4 is 21.4 Å². The Morgan fingerprint density at radius 2 is 2.17 bits per heavy atom. The Labute approximate surface area is 170 Å². The van der Waals surface area contributed by atoms with Crippen LogP contribution in [0.3, 0.4) is 0 Å². The Morgan fingerprint density at radius 1 is 1.28 bits per heavy atom. The van der Waals surface area contributed by atoms with E-state index in [0.29, 0.717) is 19.0 Å². The third-order valence-electron chi connectivity index (χ3n) is 4.60. The summed E-state index contributed by atoms with van der Waals surface area (Å²) in [5.41, 5.74) is 2.67. The standard InChI is InChI=1S/C20H18FN5O2S/c21-15-3-1-14(2-4-15)17-11-26-20(24-17)29-19(25-26)23-10-13-5-7-22-18(9-13)28-16-6-8-27-12-16/h1-5,7,9,11,16H,6,8,10,12H2,(H,23,25). The number of halogens is 1. The highest BCUT2D eigenvalue weighted by atomic mass is 32.1. The van der Waals surface area contributed by atoms with Gasteiger partial charge in [-0.3, -0.25) is 0 Å². The number of nitrogens with one attached hydrogen (secondary N) is 1. The van der Waals surface area contributed by atoms with E-state index in [4.69, 9.17) is 9.47 Å². The maximum Gasteiger partial charge on any atom is 0.214 e. The number of rotatable bonds is 6. The van der Waals surface area contributed by atoms with Gasteiger partial charge in [-0.05, 0) is 35.9 Å². The third-order valence-corrected chi connectivity index (χ3v) is 5.48. The van der Waals surface area contributed by atoms with Crippen LogP contribution < -0.4 is 10.1 Å². The van der Waals surface area contributed by atoms with E-state index in [2.05, 4.69) is 20.4 Å². The lowest BCUT2D eigenvalue weighted by molar-refractivity contribution is 0.138. The van der Waals surface area contributed by atoms with Crippen molar-refractivity contribution in [3.63, 3.8) is 0 Å². The van der Waals surface area contributed by atoms with Gasteiger partial charge >= 0.3 is 0 Å². The Kier molecular flexibility index (Phi) is 4.82. The van der Waals surface area contributed by atoms with Gasteiger partial charge in [0.2, 0.25) is 16.0 Å². The van der Waals surface area contributed by atoms with Crippen molar-refractivity contribution in [3.05, 3.63) is 60.2 Å². The maximum atomic E-state index is 13.1. The van der Waals surface area contributed by atoms with Gasteiger partial charge in [0, 0.05) is 30.8 Å². The molecule has 0 bridgehead atoms. The molecule has 0 spiro atoms. The predicted molar refractivity (Wildman–Crippen MR) is 108 cm³/mol. The molecule has 7 nitrogen and oxygen atoms in total. The van der Waals surface area contributed by atoms with Crippen molar-refractivity contribution in [2.75, 3.05) is 18.5 Å². The van der Waals surface area contributed by atoms with Crippen LogP contribution in [0, 0.1) is 5.82 Å². The van der Waals surface area contributed by atoms with Crippen molar-refractivity contribution in [2.45, 2.75) is 19.1 Å². The predicted octanol–water partition coefficient (Wildman–Crippen LogP) is 3.77. The van der Waals surface area contributed by atoms with Gasteiger partial charge in [-0.25, -0.2) is 18.9 Å². The van der Waals surface area contributed by atoms with Gasteiger partial charge in [-0.15, -0.1) is 5.10 Å². The molecule has 29 heavy (non-hydrogen) atoms. The summed E-state index contributed by atoms with van der Waals surface area (Å²) in [6.45, 7) is 1.95. The van der Waals surface area contributed by atoms with Crippen molar-refractivity contribution in [1.29, 1.82) is 0 Å². The highest BCUT2D eigenvalue weighted by molar-refractivity contribution is 7.20. The molecule has 4 heterocycles. The fourth-order valence-corrected chi connectivity index (χ4v) is 3.89. The van der Waals surface area contributed by atoms with E-state index < -0.39 is 0 Å². The number of benzene rings is 1. The van der Waals surface area contributed by atoms with E-state index in [9.17, 15) is 4.39 Å². The summed E-state index contributed by atoms with van der Waals surface area (Å²) in [5, 5.41) is 8.60. The quantitative estimate of drug-likeness (QED) is 0.521. The zero-order valence-corrected chi connectivity index (χ0v) is 16.2. The summed E-state index contributed by atoms with van der Waals surface area (Å²) in [7, 11) is 0. The molecule has 5 rings (SSSR count). The van der Waals surface area contributed by atoms with Crippen LogP contribution >= 0.6 is 11.3 Å². The molecule has 0 radical (unpaired) electrons. The van der Waals surface area contributed by atoms with Crippen LogP contribution in [0.15, 0.2) is 48.8 Å². The van der Waals surface area contributed by atoms with Crippen molar-refractivity contribution < 1.29 is 13.9 Å². The van der Waals surface area contributed by atoms with Gasteiger partial charge in [0.15, 0.2) is 0 Å². The number of imidazole rings is 1. The highest BCUT2D eigenvalue weighted by Gasteiger charge is 2.17. The van der Waals surface area contributed by atoms with E-state index in [1.54, 1.807) is 22.8 Å². The molecule has 0 saturated carbocycles. The van der Waals surface area contributed by atoms with Crippen LogP contribution in [-0.4, -0.2) is 38.9 Å². The molecule has 1 aliphatic rings. The molecule has 1 unspecified atom stereocenters. The van der Waals surface area contributed by atoms with Crippen LogP contribution in [0.25, 0.3) is 16.2 Å².